The Kier molecular flexibility index (Phi) is 6.24. The van der Waals surface area contributed by atoms with Crippen LogP contribution in [-0.2, 0) is 4.74 Å². The fourth-order valence-corrected chi connectivity index (χ4v) is 3.61. The molecule has 0 radical (unpaired) electrons. The summed E-state index contributed by atoms with van der Waals surface area (Å²) >= 11 is 0. The Morgan fingerprint density at radius 1 is 0.880 bits per heavy atom. The van der Waals surface area contributed by atoms with E-state index in [9.17, 15) is 0 Å². The minimum absolute atomic E-state index is 0.731. The topological polar surface area (TPSA) is 26.5 Å². The average Bonchev–Trinajstić information content (AvgIpc) is 2.88. The number of methoxy groups -OCH3 is 1. The molecule has 0 atom stereocenters. The van der Waals surface area contributed by atoms with E-state index < -0.39 is 0 Å². The first-order valence-electron chi connectivity index (χ1n) is 9.26. The van der Waals surface area contributed by atoms with Gasteiger partial charge in [-0.25, -0.2) is 4.98 Å². The molecule has 3 nitrogen and oxygen atoms in total. The number of pyridine rings is 1. The summed E-state index contributed by atoms with van der Waals surface area (Å²) in [7, 11) is 3.25. The van der Waals surface area contributed by atoms with Crippen LogP contribution in [0.25, 0.3) is 16.9 Å². The Balaban J connectivity index is 0.000000569. The second-order valence-electron chi connectivity index (χ2n) is 6.82. The van der Waals surface area contributed by atoms with Crippen molar-refractivity contribution in [3.8, 4) is 11.3 Å². The predicted octanol–water partition coefficient (Wildman–Crippen LogP) is 5.70. The van der Waals surface area contributed by atoms with Crippen LogP contribution >= 0.6 is 0 Å². The number of ether oxygens (including phenoxy) is 1. The van der Waals surface area contributed by atoms with Crippen molar-refractivity contribution >= 4 is 5.65 Å². The molecule has 0 N–H and O–H groups in total. The molecule has 2 heterocycles. The predicted molar refractivity (Wildman–Crippen MR) is 104 cm³/mol. The number of hydrogen-bond acceptors (Lipinski definition) is 2. The second kappa shape index (κ2) is 8.82. The summed E-state index contributed by atoms with van der Waals surface area (Å²) in [6.07, 6.45) is 12.7. The first-order valence-corrected chi connectivity index (χ1v) is 9.26. The maximum atomic E-state index is 4.75. The van der Waals surface area contributed by atoms with Crippen molar-refractivity contribution in [1.82, 2.24) is 9.38 Å². The van der Waals surface area contributed by atoms with Crippen molar-refractivity contribution in [3.63, 3.8) is 0 Å². The molecule has 0 saturated heterocycles. The van der Waals surface area contributed by atoms with E-state index in [0.29, 0.717) is 0 Å². The van der Waals surface area contributed by atoms with E-state index in [2.05, 4.69) is 57.9 Å². The Bertz CT molecular complexity index is 771. The van der Waals surface area contributed by atoms with E-state index in [1.54, 1.807) is 14.2 Å². The molecular formula is C22H28N2O. The van der Waals surface area contributed by atoms with Crippen molar-refractivity contribution in [2.75, 3.05) is 14.2 Å². The zero-order valence-electron chi connectivity index (χ0n) is 15.3. The lowest BCUT2D eigenvalue weighted by molar-refractivity contribution is 0.277. The number of imidazole rings is 1. The van der Waals surface area contributed by atoms with Gasteiger partial charge in [0, 0.05) is 32.2 Å². The monoisotopic (exact) mass is 336 g/mol. The summed E-state index contributed by atoms with van der Waals surface area (Å²) in [6, 6.07) is 14.9. The van der Waals surface area contributed by atoms with Crippen molar-refractivity contribution in [1.29, 1.82) is 0 Å². The van der Waals surface area contributed by atoms with E-state index in [0.717, 1.165) is 17.3 Å². The number of fused-ring (bicyclic) bond motifs is 1. The Morgan fingerprint density at radius 3 is 2.24 bits per heavy atom. The third-order valence-corrected chi connectivity index (χ3v) is 4.87. The van der Waals surface area contributed by atoms with Crippen molar-refractivity contribution in [3.05, 3.63) is 60.4 Å². The van der Waals surface area contributed by atoms with Crippen LogP contribution in [0, 0.1) is 0 Å². The average molecular weight is 336 g/mol. The molecule has 0 unspecified atom stereocenters. The van der Waals surface area contributed by atoms with Gasteiger partial charge in [0.15, 0.2) is 0 Å². The SMILES string of the molecule is COC.c1ccc(-c2cn3cc(C4CCCCCC4)ccc3n2)cc1. The molecule has 1 aliphatic carbocycles. The Morgan fingerprint density at radius 2 is 1.56 bits per heavy atom. The molecular weight excluding hydrogens is 308 g/mol. The molecule has 25 heavy (non-hydrogen) atoms. The van der Waals surface area contributed by atoms with Gasteiger partial charge in [0.25, 0.3) is 0 Å². The van der Waals surface area contributed by atoms with Gasteiger partial charge in [0.05, 0.1) is 5.69 Å². The molecule has 1 aliphatic rings. The summed E-state index contributed by atoms with van der Waals surface area (Å²) in [5, 5.41) is 0. The van der Waals surface area contributed by atoms with Gasteiger partial charge in [0.1, 0.15) is 5.65 Å². The highest BCUT2D eigenvalue weighted by Gasteiger charge is 2.15. The fraction of sp³-hybridized carbons (Fsp3) is 0.409. The van der Waals surface area contributed by atoms with Crippen molar-refractivity contribution in [2.24, 2.45) is 0 Å². The lowest BCUT2D eigenvalue weighted by Crippen LogP contribution is -1.99. The highest BCUT2D eigenvalue weighted by Crippen LogP contribution is 2.32. The standard InChI is InChI=1S/C20H22N2.C2H6O/c1-2-5-9-16(8-4-1)18-12-13-20-21-19(15-22(20)14-18)17-10-6-3-7-11-17;1-3-2/h3,6-7,10-16H,1-2,4-5,8-9H2;1-2H3. The van der Waals surface area contributed by atoms with E-state index in [-0.39, 0.29) is 0 Å². The van der Waals surface area contributed by atoms with Gasteiger partial charge in [-0.3, -0.25) is 0 Å². The van der Waals surface area contributed by atoms with E-state index in [1.807, 2.05) is 6.07 Å². The zero-order chi connectivity index (χ0) is 17.5. The summed E-state index contributed by atoms with van der Waals surface area (Å²) in [4.78, 5) is 4.75. The van der Waals surface area contributed by atoms with Crippen LogP contribution < -0.4 is 0 Å². The molecule has 1 saturated carbocycles. The summed E-state index contributed by atoms with van der Waals surface area (Å²) in [5.74, 6) is 0.731. The summed E-state index contributed by atoms with van der Waals surface area (Å²) < 4.78 is 6.45. The van der Waals surface area contributed by atoms with Crippen LogP contribution in [0.5, 0.6) is 0 Å². The number of rotatable bonds is 2. The second-order valence-corrected chi connectivity index (χ2v) is 6.82. The lowest BCUT2D eigenvalue weighted by Gasteiger charge is -2.14. The zero-order valence-corrected chi connectivity index (χ0v) is 15.3. The molecule has 1 fully saturated rings. The number of hydrogen-bond donors (Lipinski definition) is 0. The van der Waals surface area contributed by atoms with Crippen molar-refractivity contribution < 1.29 is 4.74 Å². The van der Waals surface area contributed by atoms with Crippen LogP contribution in [0.4, 0.5) is 0 Å². The van der Waals surface area contributed by atoms with Gasteiger partial charge in [-0.15, -0.1) is 0 Å². The first-order chi connectivity index (χ1) is 12.3. The van der Waals surface area contributed by atoms with Crippen LogP contribution in [0.2, 0.25) is 0 Å². The fourth-order valence-electron chi connectivity index (χ4n) is 3.61. The highest BCUT2D eigenvalue weighted by molar-refractivity contribution is 5.62. The third kappa shape index (κ3) is 4.49. The molecule has 1 aromatic carbocycles. The third-order valence-electron chi connectivity index (χ3n) is 4.87. The van der Waals surface area contributed by atoms with Crippen molar-refractivity contribution in [2.45, 2.75) is 44.4 Å². The van der Waals surface area contributed by atoms with Crippen LogP contribution in [0.1, 0.15) is 50.0 Å². The molecule has 0 spiro atoms. The number of aromatic nitrogens is 2. The van der Waals surface area contributed by atoms with Gasteiger partial charge in [-0.2, -0.15) is 0 Å². The normalized spacial score (nSPS) is 15.4. The quantitative estimate of drug-likeness (QED) is 0.561. The highest BCUT2D eigenvalue weighted by atomic mass is 16.4. The Labute approximate surface area is 150 Å². The molecule has 2 aromatic heterocycles. The largest absolute Gasteiger partial charge is 0.388 e. The number of nitrogens with zero attached hydrogens (tertiary/aromatic N) is 2. The minimum Gasteiger partial charge on any atom is -0.388 e. The van der Waals surface area contributed by atoms with Gasteiger partial charge < -0.3 is 9.14 Å². The van der Waals surface area contributed by atoms with Gasteiger partial charge in [-0.05, 0) is 30.4 Å². The van der Waals surface area contributed by atoms with Gasteiger partial charge in [-0.1, -0.05) is 62.1 Å². The summed E-state index contributed by atoms with van der Waals surface area (Å²) in [6.45, 7) is 0. The van der Waals surface area contributed by atoms with Crippen LogP contribution in [-0.4, -0.2) is 23.6 Å². The maximum absolute atomic E-state index is 4.75. The molecule has 0 aliphatic heterocycles. The number of benzene rings is 1. The molecule has 4 rings (SSSR count). The van der Waals surface area contributed by atoms with E-state index >= 15 is 0 Å². The molecule has 132 valence electrons. The lowest BCUT2D eigenvalue weighted by atomic mass is 9.93. The molecule has 0 bridgehead atoms. The van der Waals surface area contributed by atoms with Gasteiger partial charge in [0.2, 0.25) is 0 Å². The molecule has 3 heteroatoms. The smallest absolute Gasteiger partial charge is 0.137 e. The van der Waals surface area contributed by atoms with Crippen LogP contribution in [0.3, 0.4) is 0 Å². The van der Waals surface area contributed by atoms with Gasteiger partial charge >= 0.3 is 0 Å². The maximum Gasteiger partial charge on any atom is 0.137 e. The molecule has 0 amide bonds. The minimum atomic E-state index is 0.731. The van der Waals surface area contributed by atoms with E-state index in [4.69, 9.17) is 4.98 Å². The first kappa shape index (κ1) is 17.7. The van der Waals surface area contributed by atoms with E-state index in [1.165, 1.54) is 49.7 Å². The molecule has 3 aromatic rings. The van der Waals surface area contributed by atoms with Crippen LogP contribution in [0.15, 0.2) is 54.9 Å². The summed E-state index contributed by atoms with van der Waals surface area (Å²) in [5.41, 5.74) is 4.75. The Hall–Kier alpha value is -2.13.